The molecular formula is C17H25N. The summed E-state index contributed by atoms with van der Waals surface area (Å²) in [6.07, 6.45) is 6.62. The van der Waals surface area contributed by atoms with E-state index in [4.69, 9.17) is 0 Å². The molecule has 98 valence electrons. The highest BCUT2D eigenvalue weighted by Gasteiger charge is 1.98. The summed E-state index contributed by atoms with van der Waals surface area (Å²) in [5, 5.41) is 3.46. The zero-order chi connectivity index (χ0) is 13.1. The predicted octanol–water partition coefficient (Wildman–Crippen LogP) is 3.99. The molecule has 0 radical (unpaired) electrons. The first-order chi connectivity index (χ1) is 8.83. The average molecular weight is 243 g/mol. The first-order valence-corrected chi connectivity index (χ1v) is 7.10. The number of benzene rings is 1. The molecule has 0 spiro atoms. The molecule has 0 bridgehead atoms. The molecule has 0 aromatic heterocycles. The summed E-state index contributed by atoms with van der Waals surface area (Å²) in [4.78, 5) is 0. The van der Waals surface area contributed by atoms with E-state index in [0.29, 0.717) is 6.04 Å². The van der Waals surface area contributed by atoms with Crippen LogP contribution in [-0.4, -0.2) is 12.6 Å². The second-order valence-corrected chi connectivity index (χ2v) is 4.80. The summed E-state index contributed by atoms with van der Waals surface area (Å²) in [6, 6.07) is 10.7. The zero-order valence-electron chi connectivity index (χ0n) is 11.7. The van der Waals surface area contributed by atoms with Crippen molar-refractivity contribution >= 4 is 0 Å². The van der Waals surface area contributed by atoms with Crippen LogP contribution in [0, 0.1) is 11.8 Å². The zero-order valence-corrected chi connectivity index (χ0v) is 11.7. The standard InChI is InChI=1S/C17H25N/c1-3-4-5-7-11-16(2)18-15-10-14-17-12-8-6-9-13-17/h6,8-9,12-13,16,18H,3-5,7,11,15H2,1-2H3. The highest BCUT2D eigenvalue weighted by molar-refractivity contribution is 5.33. The van der Waals surface area contributed by atoms with Gasteiger partial charge in [0.1, 0.15) is 0 Å². The van der Waals surface area contributed by atoms with Crippen molar-refractivity contribution in [3.63, 3.8) is 0 Å². The number of hydrogen-bond acceptors (Lipinski definition) is 1. The normalized spacial score (nSPS) is 11.7. The Hall–Kier alpha value is -1.26. The van der Waals surface area contributed by atoms with Gasteiger partial charge in [0, 0.05) is 11.6 Å². The Morgan fingerprint density at radius 2 is 1.89 bits per heavy atom. The summed E-state index contributed by atoms with van der Waals surface area (Å²) in [5.74, 6) is 6.34. The van der Waals surface area contributed by atoms with Crippen LogP contribution in [0.4, 0.5) is 0 Å². The van der Waals surface area contributed by atoms with E-state index in [1.807, 2.05) is 30.3 Å². The van der Waals surface area contributed by atoms with Gasteiger partial charge >= 0.3 is 0 Å². The number of unbranched alkanes of at least 4 members (excludes halogenated alkanes) is 3. The molecule has 0 aliphatic rings. The fourth-order valence-corrected chi connectivity index (χ4v) is 1.87. The van der Waals surface area contributed by atoms with Crippen LogP contribution in [0.5, 0.6) is 0 Å². The predicted molar refractivity (Wildman–Crippen MR) is 79.5 cm³/mol. The largest absolute Gasteiger partial charge is 0.304 e. The summed E-state index contributed by atoms with van der Waals surface area (Å²) in [5.41, 5.74) is 1.09. The molecule has 0 aliphatic carbocycles. The first kappa shape index (κ1) is 14.8. The van der Waals surface area contributed by atoms with E-state index in [1.54, 1.807) is 0 Å². The summed E-state index contributed by atoms with van der Waals surface area (Å²) in [7, 11) is 0. The van der Waals surface area contributed by atoms with E-state index in [2.05, 4.69) is 31.0 Å². The lowest BCUT2D eigenvalue weighted by Gasteiger charge is -2.10. The summed E-state index contributed by atoms with van der Waals surface area (Å²) >= 11 is 0. The van der Waals surface area contributed by atoms with Crippen LogP contribution in [0.3, 0.4) is 0 Å². The fourth-order valence-electron chi connectivity index (χ4n) is 1.87. The molecular weight excluding hydrogens is 218 g/mol. The van der Waals surface area contributed by atoms with Gasteiger partial charge in [-0.05, 0) is 25.5 Å². The van der Waals surface area contributed by atoms with E-state index in [-0.39, 0.29) is 0 Å². The monoisotopic (exact) mass is 243 g/mol. The topological polar surface area (TPSA) is 12.0 Å². The smallest absolute Gasteiger partial charge is 0.0582 e. The van der Waals surface area contributed by atoms with Crippen LogP contribution in [0.1, 0.15) is 51.5 Å². The van der Waals surface area contributed by atoms with Crippen molar-refractivity contribution < 1.29 is 0 Å². The second-order valence-electron chi connectivity index (χ2n) is 4.80. The van der Waals surface area contributed by atoms with Crippen molar-refractivity contribution in [2.45, 2.75) is 52.0 Å². The summed E-state index contributed by atoms with van der Waals surface area (Å²) < 4.78 is 0. The molecule has 0 saturated carbocycles. The van der Waals surface area contributed by atoms with Crippen LogP contribution >= 0.6 is 0 Å². The Bertz CT molecular complexity index is 358. The lowest BCUT2D eigenvalue weighted by molar-refractivity contribution is 0.505. The molecule has 0 heterocycles. The van der Waals surface area contributed by atoms with E-state index < -0.39 is 0 Å². The lowest BCUT2D eigenvalue weighted by atomic mass is 10.1. The molecule has 0 aliphatic heterocycles. The van der Waals surface area contributed by atoms with Gasteiger partial charge in [-0.2, -0.15) is 0 Å². The molecule has 0 fully saturated rings. The van der Waals surface area contributed by atoms with Crippen LogP contribution < -0.4 is 5.32 Å². The molecule has 1 atom stereocenters. The average Bonchev–Trinajstić information content (AvgIpc) is 2.41. The molecule has 1 N–H and O–H groups in total. The maximum absolute atomic E-state index is 3.46. The van der Waals surface area contributed by atoms with Gasteiger partial charge in [-0.1, -0.05) is 62.6 Å². The van der Waals surface area contributed by atoms with Gasteiger partial charge < -0.3 is 5.32 Å². The third kappa shape index (κ3) is 7.14. The number of hydrogen-bond donors (Lipinski definition) is 1. The molecule has 1 nitrogen and oxygen atoms in total. The minimum absolute atomic E-state index is 0.576. The third-order valence-electron chi connectivity index (χ3n) is 3.04. The van der Waals surface area contributed by atoms with Crippen molar-refractivity contribution in [3.05, 3.63) is 35.9 Å². The molecule has 1 aromatic carbocycles. The van der Waals surface area contributed by atoms with Crippen LogP contribution in [-0.2, 0) is 0 Å². The van der Waals surface area contributed by atoms with Crippen LogP contribution in [0.2, 0.25) is 0 Å². The maximum atomic E-state index is 3.46. The second kappa shape index (κ2) is 9.74. The van der Waals surface area contributed by atoms with E-state index >= 15 is 0 Å². The fraction of sp³-hybridized carbons (Fsp3) is 0.529. The Kier molecular flexibility index (Phi) is 8.01. The highest BCUT2D eigenvalue weighted by Crippen LogP contribution is 2.04. The van der Waals surface area contributed by atoms with Gasteiger partial charge in [-0.3, -0.25) is 0 Å². The van der Waals surface area contributed by atoms with E-state index in [1.165, 1.54) is 32.1 Å². The third-order valence-corrected chi connectivity index (χ3v) is 3.04. The molecule has 1 rings (SSSR count). The molecule has 0 saturated heterocycles. The van der Waals surface area contributed by atoms with Gasteiger partial charge in [-0.25, -0.2) is 0 Å². The van der Waals surface area contributed by atoms with Crippen molar-refractivity contribution in [3.8, 4) is 11.8 Å². The Balaban J connectivity index is 2.12. The molecule has 18 heavy (non-hydrogen) atoms. The summed E-state index contributed by atoms with van der Waals surface area (Å²) in [6.45, 7) is 5.28. The van der Waals surface area contributed by atoms with E-state index in [9.17, 15) is 0 Å². The van der Waals surface area contributed by atoms with Gasteiger partial charge in [0.25, 0.3) is 0 Å². The van der Waals surface area contributed by atoms with Crippen LogP contribution in [0.15, 0.2) is 30.3 Å². The van der Waals surface area contributed by atoms with E-state index in [0.717, 1.165) is 12.1 Å². The molecule has 1 unspecified atom stereocenters. The van der Waals surface area contributed by atoms with Crippen molar-refractivity contribution in [1.82, 2.24) is 5.32 Å². The minimum Gasteiger partial charge on any atom is -0.304 e. The Morgan fingerprint density at radius 1 is 1.11 bits per heavy atom. The number of nitrogens with one attached hydrogen (secondary N) is 1. The maximum Gasteiger partial charge on any atom is 0.0582 e. The Labute approximate surface area is 112 Å². The van der Waals surface area contributed by atoms with Crippen molar-refractivity contribution in [2.24, 2.45) is 0 Å². The lowest BCUT2D eigenvalue weighted by Crippen LogP contribution is -2.26. The van der Waals surface area contributed by atoms with Gasteiger partial charge in [-0.15, -0.1) is 0 Å². The molecule has 1 heteroatoms. The quantitative estimate of drug-likeness (QED) is 0.564. The highest BCUT2D eigenvalue weighted by atomic mass is 14.9. The van der Waals surface area contributed by atoms with Crippen molar-refractivity contribution in [1.29, 1.82) is 0 Å². The van der Waals surface area contributed by atoms with Gasteiger partial charge in [0.2, 0.25) is 0 Å². The molecule has 0 amide bonds. The van der Waals surface area contributed by atoms with Crippen LogP contribution in [0.25, 0.3) is 0 Å². The minimum atomic E-state index is 0.576. The molecule has 1 aromatic rings. The SMILES string of the molecule is CCCCCCC(C)NCC#Cc1ccccc1. The number of rotatable bonds is 7. The van der Waals surface area contributed by atoms with Gasteiger partial charge in [0.15, 0.2) is 0 Å². The first-order valence-electron chi connectivity index (χ1n) is 7.10. The Morgan fingerprint density at radius 3 is 2.61 bits per heavy atom. The van der Waals surface area contributed by atoms with Gasteiger partial charge in [0.05, 0.1) is 6.54 Å². The van der Waals surface area contributed by atoms with Crippen molar-refractivity contribution in [2.75, 3.05) is 6.54 Å².